The molecule has 0 spiro atoms. The molecule has 0 bridgehead atoms. The summed E-state index contributed by atoms with van der Waals surface area (Å²) in [4.78, 5) is 24.3. The third kappa shape index (κ3) is 2.46. The molecule has 1 heterocycles. The Balaban J connectivity index is 2.32. The van der Waals surface area contributed by atoms with Crippen molar-refractivity contribution in [1.29, 1.82) is 0 Å². The molecule has 20 heavy (non-hydrogen) atoms. The highest BCUT2D eigenvalue weighted by Gasteiger charge is 2.36. The van der Waals surface area contributed by atoms with E-state index in [1.165, 1.54) is 19.2 Å². The van der Waals surface area contributed by atoms with Gasteiger partial charge in [-0.25, -0.2) is 8.42 Å². The molecule has 1 aliphatic heterocycles. The number of hydrogen-bond acceptors (Lipinski definition) is 6. The molecule has 8 heteroatoms. The van der Waals surface area contributed by atoms with Crippen LogP contribution < -0.4 is 11.1 Å². The Hall–Kier alpha value is -2.09. The van der Waals surface area contributed by atoms with E-state index in [-0.39, 0.29) is 28.8 Å². The number of hydrogen-bond donors (Lipinski definition) is 2. The predicted octanol–water partition coefficient (Wildman–Crippen LogP) is -0.158. The van der Waals surface area contributed by atoms with Crippen molar-refractivity contribution in [2.24, 2.45) is 0 Å². The van der Waals surface area contributed by atoms with Crippen molar-refractivity contribution < 1.29 is 18.0 Å². The molecule has 0 aliphatic carbocycles. The summed E-state index contributed by atoms with van der Waals surface area (Å²) in [7, 11) is -2.05. The average Bonchev–Trinajstić information content (AvgIpc) is 2.58. The van der Waals surface area contributed by atoms with Crippen LogP contribution >= 0.6 is 0 Å². The first-order chi connectivity index (χ1) is 9.21. The smallest absolute Gasteiger partial charge is 0.251 e. The second-order valence-electron chi connectivity index (χ2n) is 4.68. The molecule has 1 aromatic carbocycles. The Labute approximate surface area is 116 Å². The number of sulfone groups is 1. The number of benzene rings is 1. The molecule has 7 nitrogen and oxygen atoms in total. The van der Waals surface area contributed by atoms with E-state index in [2.05, 4.69) is 5.32 Å². The number of likely N-dealkylation sites (tertiary alicyclic amines) is 1. The summed E-state index contributed by atoms with van der Waals surface area (Å²) < 4.78 is 23.1. The van der Waals surface area contributed by atoms with E-state index in [1.807, 2.05) is 0 Å². The topological polar surface area (TPSA) is 110 Å². The first kappa shape index (κ1) is 14.3. The largest absolute Gasteiger partial charge is 0.396 e. The first-order valence-electron chi connectivity index (χ1n) is 5.87. The molecule has 1 aromatic rings. The van der Waals surface area contributed by atoms with Crippen LogP contribution in [0.2, 0.25) is 0 Å². The van der Waals surface area contributed by atoms with Crippen LogP contribution in [0.25, 0.3) is 0 Å². The number of nitrogen functional groups attached to an aromatic ring is 1. The lowest BCUT2D eigenvalue weighted by atomic mass is 10.2. The summed E-state index contributed by atoms with van der Waals surface area (Å²) in [6.45, 7) is 0. The Morgan fingerprint density at radius 3 is 2.50 bits per heavy atom. The number of nitrogens with one attached hydrogen (secondary N) is 1. The van der Waals surface area contributed by atoms with Gasteiger partial charge < -0.3 is 11.1 Å². The lowest BCUT2D eigenvalue weighted by Crippen LogP contribution is -2.32. The number of anilines is 2. The molecule has 0 saturated carbocycles. The van der Waals surface area contributed by atoms with Crippen molar-refractivity contribution in [3.05, 3.63) is 18.2 Å². The molecular weight excluding hydrogens is 282 g/mol. The fourth-order valence-corrected chi connectivity index (χ4v) is 2.88. The lowest BCUT2D eigenvalue weighted by Gasteiger charge is -2.15. The van der Waals surface area contributed by atoms with Gasteiger partial charge in [0.05, 0.1) is 22.7 Å². The minimum Gasteiger partial charge on any atom is -0.396 e. The molecule has 2 rings (SSSR count). The minimum absolute atomic E-state index is 0.00683. The van der Waals surface area contributed by atoms with Crippen molar-refractivity contribution in [3.63, 3.8) is 0 Å². The highest BCUT2D eigenvalue weighted by Crippen LogP contribution is 2.28. The number of amides is 2. The molecule has 3 N–H and O–H groups in total. The number of nitrogens with two attached hydrogens (primary N) is 1. The molecule has 1 atom stereocenters. The monoisotopic (exact) mass is 297 g/mol. The number of imide groups is 1. The van der Waals surface area contributed by atoms with Gasteiger partial charge in [0.15, 0.2) is 9.84 Å². The average molecular weight is 297 g/mol. The van der Waals surface area contributed by atoms with Gasteiger partial charge in [-0.3, -0.25) is 14.5 Å². The van der Waals surface area contributed by atoms with E-state index in [0.29, 0.717) is 5.69 Å². The maximum absolute atomic E-state index is 11.8. The Morgan fingerprint density at radius 1 is 1.35 bits per heavy atom. The van der Waals surface area contributed by atoms with Crippen LogP contribution in [0, 0.1) is 0 Å². The van der Waals surface area contributed by atoms with Gasteiger partial charge in [0, 0.05) is 13.3 Å². The fraction of sp³-hybridized carbons (Fsp3) is 0.333. The first-order valence-corrected chi connectivity index (χ1v) is 7.76. The summed E-state index contributed by atoms with van der Waals surface area (Å²) in [5.41, 5.74) is 6.19. The van der Waals surface area contributed by atoms with Gasteiger partial charge in [-0.05, 0) is 12.1 Å². The SMILES string of the molecule is CN1C(=O)CC(Nc2cccc(S(C)(=O)=O)c2N)C1=O. The Bertz CT molecular complexity index is 684. The second-order valence-corrected chi connectivity index (χ2v) is 6.67. The number of likely N-dealkylation sites (N-methyl/N-ethyl adjacent to an activating group) is 1. The van der Waals surface area contributed by atoms with Gasteiger partial charge in [0.2, 0.25) is 5.91 Å². The van der Waals surface area contributed by atoms with Crippen molar-refractivity contribution in [2.45, 2.75) is 17.4 Å². The van der Waals surface area contributed by atoms with Crippen LogP contribution in [0.15, 0.2) is 23.1 Å². The third-order valence-electron chi connectivity index (χ3n) is 3.18. The van der Waals surface area contributed by atoms with E-state index in [1.54, 1.807) is 6.07 Å². The molecule has 1 unspecified atom stereocenters. The van der Waals surface area contributed by atoms with Crippen LogP contribution in [0.1, 0.15) is 6.42 Å². The van der Waals surface area contributed by atoms with E-state index < -0.39 is 15.9 Å². The number of para-hydroxylation sites is 1. The molecule has 0 aromatic heterocycles. The zero-order valence-electron chi connectivity index (χ0n) is 11.1. The normalized spacial score (nSPS) is 19.5. The van der Waals surface area contributed by atoms with Gasteiger partial charge in [0.1, 0.15) is 6.04 Å². The van der Waals surface area contributed by atoms with Gasteiger partial charge in [-0.1, -0.05) is 6.07 Å². The van der Waals surface area contributed by atoms with Gasteiger partial charge >= 0.3 is 0 Å². The van der Waals surface area contributed by atoms with Crippen molar-refractivity contribution in [3.8, 4) is 0 Å². The van der Waals surface area contributed by atoms with Crippen LogP contribution in [0.4, 0.5) is 11.4 Å². The fourth-order valence-electron chi connectivity index (χ4n) is 2.05. The summed E-state index contributed by atoms with van der Waals surface area (Å²) >= 11 is 0. The van der Waals surface area contributed by atoms with Crippen molar-refractivity contribution >= 4 is 33.0 Å². The Kier molecular flexibility index (Phi) is 3.43. The number of nitrogens with zero attached hydrogens (tertiary/aromatic N) is 1. The van der Waals surface area contributed by atoms with Crippen molar-refractivity contribution in [2.75, 3.05) is 24.4 Å². The van der Waals surface area contributed by atoms with E-state index in [4.69, 9.17) is 5.73 Å². The molecule has 2 amide bonds. The zero-order chi connectivity index (χ0) is 15.1. The minimum atomic E-state index is -3.45. The highest BCUT2D eigenvalue weighted by molar-refractivity contribution is 7.90. The summed E-state index contributed by atoms with van der Waals surface area (Å²) in [6, 6.07) is 3.77. The van der Waals surface area contributed by atoms with Crippen LogP contribution in [-0.4, -0.2) is 44.5 Å². The number of rotatable bonds is 3. The van der Waals surface area contributed by atoms with Gasteiger partial charge in [-0.15, -0.1) is 0 Å². The van der Waals surface area contributed by atoms with Crippen LogP contribution in [-0.2, 0) is 19.4 Å². The van der Waals surface area contributed by atoms with Crippen LogP contribution in [0.5, 0.6) is 0 Å². The molecule has 1 saturated heterocycles. The van der Waals surface area contributed by atoms with Crippen LogP contribution in [0.3, 0.4) is 0 Å². The van der Waals surface area contributed by atoms with Gasteiger partial charge in [0.25, 0.3) is 5.91 Å². The number of carbonyl (C=O) groups is 2. The Morgan fingerprint density at radius 2 is 2.00 bits per heavy atom. The highest BCUT2D eigenvalue weighted by atomic mass is 32.2. The van der Waals surface area contributed by atoms with E-state index >= 15 is 0 Å². The summed E-state index contributed by atoms with van der Waals surface area (Å²) in [6.07, 6.45) is 1.08. The molecule has 1 aliphatic rings. The predicted molar refractivity (Wildman–Crippen MR) is 73.8 cm³/mol. The standard InChI is InChI=1S/C12H15N3O4S/c1-15-10(16)6-8(12(15)17)14-7-4-3-5-9(11(7)13)20(2,18)19/h3-5,8,14H,6,13H2,1-2H3. The van der Waals surface area contributed by atoms with E-state index in [0.717, 1.165) is 11.2 Å². The molecular formula is C12H15N3O4S. The maximum Gasteiger partial charge on any atom is 0.251 e. The summed E-state index contributed by atoms with van der Waals surface area (Å²) in [5.74, 6) is -0.649. The third-order valence-corrected chi connectivity index (χ3v) is 4.33. The lowest BCUT2D eigenvalue weighted by molar-refractivity contribution is -0.136. The van der Waals surface area contributed by atoms with Crippen molar-refractivity contribution in [1.82, 2.24) is 4.90 Å². The van der Waals surface area contributed by atoms with E-state index in [9.17, 15) is 18.0 Å². The molecule has 1 fully saturated rings. The molecule has 108 valence electrons. The maximum atomic E-state index is 11.8. The second kappa shape index (κ2) is 4.78. The zero-order valence-corrected chi connectivity index (χ0v) is 11.9. The summed E-state index contributed by atoms with van der Waals surface area (Å²) in [5, 5.41) is 2.83. The number of carbonyl (C=O) groups excluding carboxylic acids is 2. The molecule has 0 radical (unpaired) electrons. The quantitative estimate of drug-likeness (QED) is 0.592. The van der Waals surface area contributed by atoms with Gasteiger partial charge in [-0.2, -0.15) is 0 Å².